The Bertz CT molecular complexity index is 620. The van der Waals surface area contributed by atoms with Crippen LogP contribution in [0.1, 0.15) is 111 Å². The number of ketones is 1. The maximum atomic E-state index is 14.2. The summed E-state index contributed by atoms with van der Waals surface area (Å²) in [5.74, 6) is -5.12. The minimum absolute atomic E-state index is 0.0890. The van der Waals surface area contributed by atoms with Crippen molar-refractivity contribution in [1.29, 1.82) is 0 Å². The summed E-state index contributed by atoms with van der Waals surface area (Å²) in [6, 6.07) is 0. The molecule has 34 heavy (non-hydrogen) atoms. The molecule has 198 valence electrons. The largest absolute Gasteiger partial charge is 0.463 e. The van der Waals surface area contributed by atoms with Gasteiger partial charge in [0.25, 0.3) is 0 Å². The molecule has 0 amide bonds. The molecule has 1 rings (SSSR count). The summed E-state index contributed by atoms with van der Waals surface area (Å²) >= 11 is 0. The fourth-order valence-corrected chi connectivity index (χ4v) is 4.70. The Morgan fingerprint density at radius 2 is 1.65 bits per heavy atom. The number of ether oxygens (including phenoxy) is 1. The van der Waals surface area contributed by atoms with Gasteiger partial charge in [0, 0.05) is 19.3 Å². The zero-order valence-electron chi connectivity index (χ0n) is 21.3. The van der Waals surface area contributed by atoms with E-state index in [1.54, 1.807) is 0 Å². The molecular weight excluding hydrogens is 442 g/mol. The van der Waals surface area contributed by atoms with Gasteiger partial charge in [0.15, 0.2) is 0 Å². The molecule has 0 bridgehead atoms. The van der Waals surface area contributed by atoms with Crippen molar-refractivity contribution in [2.75, 3.05) is 0 Å². The lowest BCUT2D eigenvalue weighted by atomic mass is 9.85. The molecule has 0 aliphatic heterocycles. The minimum atomic E-state index is -3.31. The van der Waals surface area contributed by atoms with Gasteiger partial charge in [0.1, 0.15) is 0 Å². The molecule has 1 aliphatic rings. The highest BCUT2D eigenvalue weighted by molar-refractivity contribution is 5.85. The summed E-state index contributed by atoms with van der Waals surface area (Å²) in [6.07, 6.45) is 9.48. The van der Waals surface area contributed by atoms with E-state index < -0.39 is 30.3 Å². The zero-order chi connectivity index (χ0) is 25.6. The van der Waals surface area contributed by atoms with Crippen molar-refractivity contribution in [3.63, 3.8) is 0 Å². The highest BCUT2D eigenvalue weighted by Crippen LogP contribution is 2.39. The molecule has 5 nitrogen and oxygen atoms in total. The second-order valence-corrected chi connectivity index (χ2v) is 10.0. The SMILES string of the molecule is CCCCCCC(F)(F)C(=O)CC[C@@H]1[C@@H](C/C=C\CCCCCC(=O)OC(C)C)[C@@H](O)C[C@H]1O. The fraction of sp³-hybridized carbons (Fsp3) is 0.852. The number of hydrogen-bond acceptors (Lipinski definition) is 5. The maximum Gasteiger partial charge on any atom is 0.306 e. The van der Waals surface area contributed by atoms with Crippen LogP contribution in [0, 0.1) is 11.8 Å². The number of hydrogen-bond donors (Lipinski definition) is 2. The van der Waals surface area contributed by atoms with E-state index in [-0.39, 0.29) is 43.2 Å². The Balaban J connectivity index is 2.37. The lowest BCUT2D eigenvalue weighted by Crippen LogP contribution is -2.30. The number of esters is 1. The number of aliphatic hydroxyl groups is 2. The average molecular weight is 489 g/mol. The third-order valence-corrected chi connectivity index (χ3v) is 6.67. The first kappa shape index (κ1) is 30.7. The molecule has 0 radical (unpaired) electrons. The number of carbonyl (C=O) groups excluding carboxylic acids is 2. The highest BCUT2D eigenvalue weighted by atomic mass is 19.3. The summed E-state index contributed by atoms with van der Waals surface area (Å²) in [6.45, 7) is 5.66. The van der Waals surface area contributed by atoms with E-state index in [2.05, 4.69) is 0 Å². The van der Waals surface area contributed by atoms with Crippen molar-refractivity contribution in [3.8, 4) is 0 Å². The third kappa shape index (κ3) is 11.9. The number of halogens is 2. The van der Waals surface area contributed by atoms with Gasteiger partial charge < -0.3 is 14.9 Å². The van der Waals surface area contributed by atoms with E-state index in [9.17, 15) is 28.6 Å². The average Bonchev–Trinajstić information content (AvgIpc) is 3.02. The van der Waals surface area contributed by atoms with E-state index in [1.807, 2.05) is 32.9 Å². The van der Waals surface area contributed by atoms with Crippen LogP contribution >= 0.6 is 0 Å². The zero-order valence-corrected chi connectivity index (χ0v) is 21.3. The molecule has 4 atom stereocenters. The quantitative estimate of drug-likeness (QED) is 0.137. The molecule has 0 aromatic heterocycles. The van der Waals surface area contributed by atoms with Crippen LogP contribution in [0.2, 0.25) is 0 Å². The van der Waals surface area contributed by atoms with Crippen LogP contribution in [0.5, 0.6) is 0 Å². The summed E-state index contributed by atoms with van der Waals surface area (Å²) < 4.78 is 33.4. The van der Waals surface area contributed by atoms with Gasteiger partial charge in [-0.15, -0.1) is 0 Å². The number of rotatable bonds is 18. The van der Waals surface area contributed by atoms with Crippen LogP contribution in [0.3, 0.4) is 0 Å². The third-order valence-electron chi connectivity index (χ3n) is 6.67. The summed E-state index contributed by atoms with van der Waals surface area (Å²) in [4.78, 5) is 23.6. The topological polar surface area (TPSA) is 83.8 Å². The van der Waals surface area contributed by atoms with Gasteiger partial charge in [-0.3, -0.25) is 9.59 Å². The number of allylic oxidation sites excluding steroid dienone is 2. The van der Waals surface area contributed by atoms with Crippen molar-refractivity contribution >= 4 is 11.8 Å². The monoisotopic (exact) mass is 488 g/mol. The number of unbranched alkanes of at least 4 members (excludes halogenated alkanes) is 6. The standard InChI is InChI=1S/C27H46F2O5/c1-4-5-6-13-18-27(28,29)25(32)17-16-22-21(23(30)19-24(22)31)14-11-9-7-8-10-12-15-26(33)34-20(2)3/h9,11,20-24,30-31H,4-8,10,12-19H2,1-3H3/b11-9-/t21-,22-,23+,24-/m1/s1. The molecule has 0 aromatic rings. The Kier molecular flexibility index (Phi) is 14.8. The first-order chi connectivity index (χ1) is 16.1. The maximum absolute atomic E-state index is 14.2. The van der Waals surface area contributed by atoms with Gasteiger partial charge in [0.05, 0.1) is 18.3 Å². The summed E-state index contributed by atoms with van der Waals surface area (Å²) in [5.41, 5.74) is 0. The molecule has 7 heteroatoms. The van der Waals surface area contributed by atoms with E-state index in [0.717, 1.165) is 38.5 Å². The first-order valence-electron chi connectivity index (χ1n) is 13.2. The smallest absolute Gasteiger partial charge is 0.306 e. The Labute approximate surface area is 204 Å². The van der Waals surface area contributed by atoms with Gasteiger partial charge in [-0.2, -0.15) is 8.78 Å². The summed E-state index contributed by atoms with van der Waals surface area (Å²) in [7, 11) is 0. The van der Waals surface area contributed by atoms with E-state index >= 15 is 0 Å². The van der Waals surface area contributed by atoms with Crippen LogP contribution in [0.4, 0.5) is 8.78 Å². The lowest BCUT2D eigenvalue weighted by molar-refractivity contribution is -0.147. The van der Waals surface area contributed by atoms with Gasteiger partial charge >= 0.3 is 11.9 Å². The molecule has 0 heterocycles. The van der Waals surface area contributed by atoms with Crippen molar-refractivity contribution in [2.45, 2.75) is 135 Å². The number of Topliss-reactive ketones (excluding diaryl/α,β-unsaturated/α-hetero) is 1. The van der Waals surface area contributed by atoms with Crippen molar-refractivity contribution in [3.05, 3.63) is 12.2 Å². The van der Waals surface area contributed by atoms with E-state index in [0.29, 0.717) is 25.7 Å². The van der Waals surface area contributed by atoms with Crippen molar-refractivity contribution < 1.29 is 33.3 Å². The van der Waals surface area contributed by atoms with Gasteiger partial charge in [-0.1, -0.05) is 44.8 Å². The van der Waals surface area contributed by atoms with Gasteiger partial charge in [0.2, 0.25) is 5.78 Å². The summed E-state index contributed by atoms with van der Waals surface area (Å²) in [5, 5.41) is 20.7. The van der Waals surface area contributed by atoms with Crippen molar-refractivity contribution in [1.82, 2.24) is 0 Å². The van der Waals surface area contributed by atoms with Crippen LogP contribution in [-0.4, -0.2) is 46.2 Å². The minimum Gasteiger partial charge on any atom is -0.463 e. The molecule has 2 N–H and O–H groups in total. The molecule has 0 saturated heterocycles. The molecule has 0 unspecified atom stereocenters. The van der Waals surface area contributed by atoms with E-state index in [1.165, 1.54) is 0 Å². The van der Waals surface area contributed by atoms with Crippen LogP contribution < -0.4 is 0 Å². The predicted octanol–water partition coefficient (Wildman–Crippen LogP) is 6.15. The first-order valence-corrected chi connectivity index (χ1v) is 13.2. The molecule has 1 aliphatic carbocycles. The fourth-order valence-electron chi connectivity index (χ4n) is 4.70. The normalized spacial score (nSPS) is 23.2. The van der Waals surface area contributed by atoms with Crippen molar-refractivity contribution in [2.24, 2.45) is 11.8 Å². The Hall–Kier alpha value is -1.34. The predicted molar refractivity (Wildman–Crippen MR) is 130 cm³/mol. The number of carbonyl (C=O) groups is 2. The van der Waals surface area contributed by atoms with Crippen LogP contribution in [0.25, 0.3) is 0 Å². The molecule has 0 aromatic carbocycles. The second-order valence-electron chi connectivity index (χ2n) is 10.0. The Morgan fingerprint density at radius 3 is 2.32 bits per heavy atom. The molecule has 1 saturated carbocycles. The van der Waals surface area contributed by atoms with E-state index in [4.69, 9.17) is 4.74 Å². The van der Waals surface area contributed by atoms with Crippen LogP contribution in [-0.2, 0) is 14.3 Å². The Morgan fingerprint density at radius 1 is 0.971 bits per heavy atom. The van der Waals surface area contributed by atoms with Crippen LogP contribution in [0.15, 0.2) is 12.2 Å². The van der Waals surface area contributed by atoms with Gasteiger partial charge in [-0.25, -0.2) is 0 Å². The molecule has 1 fully saturated rings. The second kappa shape index (κ2) is 16.4. The number of aliphatic hydroxyl groups excluding tert-OH is 2. The number of alkyl halides is 2. The highest BCUT2D eigenvalue weighted by Gasteiger charge is 2.43. The molecule has 0 spiro atoms. The lowest BCUT2D eigenvalue weighted by Gasteiger charge is -2.23. The van der Waals surface area contributed by atoms with Gasteiger partial charge in [-0.05, 0) is 70.6 Å². The molecular formula is C27H46F2O5.